The number of hydrogen-bond acceptors (Lipinski definition) is 5. The lowest BCUT2D eigenvalue weighted by Gasteiger charge is -2.26. The number of carbonyl (C=O) groups excluding carboxylic acids is 3. The first-order valence-electron chi connectivity index (χ1n) is 6.34. The average molecular weight is 271 g/mol. The topological polar surface area (TPSA) is 72.9 Å². The number of likely N-dealkylation sites (tertiary alicyclic amines) is 1. The molecular formula is C13H21NO5. The van der Waals surface area contributed by atoms with Crippen LogP contribution in [0, 0.1) is 5.41 Å². The minimum absolute atomic E-state index is 0.000283. The van der Waals surface area contributed by atoms with Crippen LogP contribution in [0.2, 0.25) is 0 Å². The molecule has 1 fully saturated rings. The van der Waals surface area contributed by atoms with Crippen LogP contribution in [-0.2, 0) is 23.9 Å². The van der Waals surface area contributed by atoms with E-state index in [1.54, 1.807) is 11.9 Å². The van der Waals surface area contributed by atoms with Crippen molar-refractivity contribution in [2.24, 2.45) is 5.41 Å². The molecule has 1 heterocycles. The number of esters is 2. The van der Waals surface area contributed by atoms with Crippen LogP contribution in [0.4, 0.5) is 0 Å². The van der Waals surface area contributed by atoms with Crippen molar-refractivity contribution in [1.82, 2.24) is 4.90 Å². The number of methoxy groups -OCH3 is 2. The monoisotopic (exact) mass is 271 g/mol. The molecule has 0 radical (unpaired) electrons. The maximum absolute atomic E-state index is 12.3. The molecule has 0 bridgehead atoms. The van der Waals surface area contributed by atoms with Gasteiger partial charge < -0.3 is 14.4 Å². The van der Waals surface area contributed by atoms with Crippen LogP contribution in [0.5, 0.6) is 0 Å². The normalized spacial score (nSPS) is 17.4. The molecule has 0 spiro atoms. The molecule has 0 aliphatic carbocycles. The second kappa shape index (κ2) is 6.54. The fourth-order valence-electron chi connectivity index (χ4n) is 2.47. The Bertz CT molecular complexity index is 346. The van der Waals surface area contributed by atoms with Crippen molar-refractivity contribution in [3.63, 3.8) is 0 Å². The van der Waals surface area contributed by atoms with Crippen LogP contribution >= 0.6 is 0 Å². The Hall–Kier alpha value is -1.59. The first-order valence-corrected chi connectivity index (χ1v) is 6.34. The van der Waals surface area contributed by atoms with Crippen molar-refractivity contribution in [2.75, 3.05) is 27.8 Å². The Balaban J connectivity index is 2.71. The van der Waals surface area contributed by atoms with E-state index in [4.69, 9.17) is 0 Å². The molecule has 0 aromatic rings. The van der Waals surface area contributed by atoms with Gasteiger partial charge in [0.15, 0.2) is 0 Å². The van der Waals surface area contributed by atoms with Crippen LogP contribution < -0.4 is 0 Å². The third-order valence-electron chi connectivity index (χ3n) is 3.80. The van der Waals surface area contributed by atoms with Crippen molar-refractivity contribution < 1.29 is 23.9 Å². The highest BCUT2D eigenvalue weighted by molar-refractivity contribution is 5.85. The van der Waals surface area contributed by atoms with Gasteiger partial charge in [-0.05, 0) is 19.3 Å². The van der Waals surface area contributed by atoms with Gasteiger partial charge in [-0.25, -0.2) is 0 Å². The van der Waals surface area contributed by atoms with Gasteiger partial charge in [-0.2, -0.15) is 0 Å². The van der Waals surface area contributed by atoms with E-state index in [2.05, 4.69) is 9.47 Å². The maximum atomic E-state index is 12.3. The van der Waals surface area contributed by atoms with Crippen molar-refractivity contribution in [3.8, 4) is 0 Å². The predicted molar refractivity (Wildman–Crippen MR) is 67.2 cm³/mol. The van der Waals surface area contributed by atoms with Gasteiger partial charge in [0.2, 0.25) is 5.91 Å². The van der Waals surface area contributed by atoms with E-state index in [1.807, 2.05) is 0 Å². The highest BCUT2D eigenvalue weighted by Gasteiger charge is 2.45. The first-order chi connectivity index (χ1) is 8.95. The summed E-state index contributed by atoms with van der Waals surface area (Å²) in [6.45, 7) is 0.654. The largest absolute Gasteiger partial charge is 0.469 e. The van der Waals surface area contributed by atoms with Crippen molar-refractivity contribution in [2.45, 2.75) is 32.1 Å². The molecule has 0 aromatic carbocycles. The SMILES string of the molecule is COC(=O)CCC1(CCC(=O)OC)CCN(C)C1=O. The third-order valence-corrected chi connectivity index (χ3v) is 3.80. The Kier molecular flexibility index (Phi) is 5.32. The lowest BCUT2D eigenvalue weighted by Crippen LogP contribution is -2.33. The van der Waals surface area contributed by atoms with Gasteiger partial charge in [0, 0.05) is 26.4 Å². The molecule has 1 rings (SSSR count). The Morgan fingerprint density at radius 1 is 1.16 bits per heavy atom. The molecule has 1 amide bonds. The second-order valence-electron chi connectivity index (χ2n) is 4.91. The fraction of sp³-hybridized carbons (Fsp3) is 0.769. The fourth-order valence-corrected chi connectivity index (χ4v) is 2.47. The van der Waals surface area contributed by atoms with Crippen LogP contribution in [-0.4, -0.2) is 50.6 Å². The second-order valence-corrected chi connectivity index (χ2v) is 4.91. The smallest absolute Gasteiger partial charge is 0.305 e. The Labute approximate surface area is 113 Å². The first kappa shape index (κ1) is 15.5. The number of hydrogen-bond donors (Lipinski definition) is 0. The molecule has 108 valence electrons. The van der Waals surface area contributed by atoms with Gasteiger partial charge >= 0.3 is 11.9 Å². The Morgan fingerprint density at radius 3 is 1.95 bits per heavy atom. The van der Waals surface area contributed by atoms with Gasteiger partial charge in [-0.1, -0.05) is 0 Å². The minimum atomic E-state index is -0.628. The molecule has 19 heavy (non-hydrogen) atoms. The van der Waals surface area contributed by atoms with Crippen LogP contribution in [0.3, 0.4) is 0 Å². The summed E-state index contributed by atoms with van der Waals surface area (Å²) in [7, 11) is 4.39. The summed E-state index contributed by atoms with van der Waals surface area (Å²) in [5, 5.41) is 0. The minimum Gasteiger partial charge on any atom is -0.469 e. The maximum Gasteiger partial charge on any atom is 0.305 e. The molecule has 1 aliphatic heterocycles. The quantitative estimate of drug-likeness (QED) is 0.666. The van der Waals surface area contributed by atoms with E-state index in [1.165, 1.54) is 14.2 Å². The summed E-state index contributed by atoms with van der Waals surface area (Å²) in [5.74, 6) is -0.667. The van der Waals surface area contributed by atoms with Gasteiger partial charge in [-0.15, -0.1) is 0 Å². The molecule has 6 nitrogen and oxygen atoms in total. The molecule has 0 atom stereocenters. The summed E-state index contributed by atoms with van der Waals surface area (Å²) >= 11 is 0. The molecular weight excluding hydrogens is 250 g/mol. The van der Waals surface area contributed by atoms with Crippen LogP contribution in [0.15, 0.2) is 0 Å². The van der Waals surface area contributed by atoms with Gasteiger partial charge in [0.1, 0.15) is 0 Å². The van der Waals surface area contributed by atoms with Crippen LogP contribution in [0.1, 0.15) is 32.1 Å². The number of rotatable bonds is 6. The highest BCUT2D eigenvalue weighted by atomic mass is 16.5. The lowest BCUT2D eigenvalue weighted by molar-refractivity contribution is -0.143. The van der Waals surface area contributed by atoms with E-state index in [-0.39, 0.29) is 30.7 Å². The van der Waals surface area contributed by atoms with E-state index < -0.39 is 5.41 Å². The summed E-state index contributed by atoms with van der Waals surface area (Å²) in [6, 6.07) is 0. The van der Waals surface area contributed by atoms with E-state index in [9.17, 15) is 14.4 Å². The summed E-state index contributed by atoms with van der Waals surface area (Å²) in [6.07, 6.45) is 1.88. The molecule has 6 heteroatoms. The third kappa shape index (κ3) is 3.68. The van der Waals surface area contributed by atoms with Crippen LogP contribution in [0.25, 0.3) is 0 Å². The van der Waals surface area contributed by atoms with Crippen molar-refractivity contribution in [1.29, 1.82) is 0 Å². The summed E-state index contributed by atoms with van der Waals surface area (Å²) < 4.78 is 9.22. The summed E-state index contributed by atoms with van der Waals surface area (Å²) in [5.41, 5.74) is -0.628. The van der Waals surface area contributed by atoms with Gasteiger partial charge in [-0.3, -0.25) is 14.4 Å². The number of amides is 1. The molecule has 0 saturated carbocycles. The Morgan fingerprint density at radius 2 is 1.63 bits per heavy atom. The van der Waals surface area contributed by atoms with Gasteiger partial charge in [0.25, 0.3) is 0 Å². The number of carbonyl (C=O) groups is 3. The number of nitrogens with zero attached hydrogens (tertiary/aromatic N) is 1. The highest BCUT2D eigenvalue weighted by Crippen LogP contribution is 2.40. The van der Waals surface area contributed by atoms with Crippen molar-refractivity contribution >= 4 is 17.8 Å². The zero-order chi connectivity index (χ0) is 14.5. The van der Waals surface area contributed by atoms with Gasteiger partial charge in [0.05, 0.1) is 19.6 Å². The zero-order valence-electron chi connectivity index (χ0n) is 11.7. The zero-order valence-corrected chi connectivity index (χ0v) is 11.7. The predicted octanol–water partition coefficient (Wildman–Crippen LogP) is 0.741. The average Bonchev–Trinajstić information content (AvgIpc) is 2.71. The summed E-state index contributed by atoms with van der Waals surface area (Å²) in [4.78, 5) is 36.4. The lowest BCUT2D eigenvalue weighted by atomic mass is 9.77. The van der Waals surface area contributed by atoms with E-state index in [0.717, 1.165) is 0 Å². The number of ether oxygens (including phenoxy) is 2. The standard InChI is InChI=1S/C13H21NO5/c1-14-9-8-13(12(14)17,6-4-10(15)18-2)7-5-11(16)19-3/h4-9H2,1-3H3. The molecule has 0 unspecified atom stereocenters. The molecule has 0 aromatic heterocycles. The van der Waals surface area contributed by atoms with E-state index in [0.29, 0.717) is 25.8 Å². The molecule has 1 saturated heterocycles. The van der Waals surface area contributed by atoms with Crippen molar-refractivity contribution in [3.05, 3.63) is 0 Å². The van der Waals surface area contributed by atoms with E-state index >= 15 is 0 Å². The molecule has 1 aliphatic rings. The molecule has 0 N–H and O–H groups in total.